The minimum absolute atomic E-state index is 0.335. The fourth-order valence-electron chi connectivity index (χ4n) is 2.19. The molecule has 0 aromatic heterocycles. The predicted molar refractivity (Wildman–Crippen MR) is 82.0 cm³/mol. The molecule has 0 radical (unpaired) electrons. The van der Waals surface area contributed by atoms with Gasteiger partial charge in [-0.25, -0.2) is 0 Å². The summed E-state index contributed by atoms with van der Waals surface area (Å²) in [7, 11) is -1.16. The number of aryl methyl sites for hydroxylation is 2. The molecular formula is C17H17NOS. The van der Waals surface area contributed by atoms with Crippen molar-refractivity contribution >= 4 is 10.8 Å². The molecule has 2 aromatic carbocycles. The van der Waals surface area contributed by atoms with Gasteiger partial charge < -0.3 is 0 Å². The monoisotopic (exact) mass is 283 g/mol. The molecule has 2 unspecified atom stereocenters. The van der Waals surface area contributed by atoms with E-state index in [2.05, 4.69) is 6.07 Å². The maximum absolute atomic E-state index is 12.5. The number of rotatable bonds is 4. The van der Waals surface area contributed by atoms with Gasteiger partial charge in [-0.3, -0.25) is 4.21 Å². The fourth-order valence-corrected chi connectivity index (χ4v) is 3.58. The van der Waals surface area contributed by atoms with E-state index in [0.717, 1.165) is 21.6 Å². The van der Waals surface area contributed by atoms with Crippen LogP contribution in [-0.2, 0) is 10.8 Å². The van der Waals surface area contributed by atoms with Crippen molar-refractivity contribution < 1.29 is 4.21 Å². The lowest BCUT2D eigenvalue weighted by Gasteiger charge is -2.11. The normalized spacial score (nSPS) is 13.4. The molecule has 20 heavy (non-hydrogen) atoms. The first-order chi connectivity index (χ1) is 9.61. The molecule has 2 atom stereocenters. The highest BCUT2D eigenvalue weighted by molar-refractivity contribution is 7.85. The Balaban J connectivity index is 2.20. The van der Waals surface area contributed by atoms with Crippen LogP contribution in [0.15, 0.2) is 53.4 Å². The van der Waals surface area contributed by atoms with Crippen LogP contribution in [0, 0.1) is 25.2 Å². The van der Waals surface area contributed by atoms with E-state index in [1.807, 2.05) is 62.4 Å². The van der Waals surface area contributed by atoms with Crippen LogP contribution in [0.25, 0.3) is 0 Å². The lowest BCUT2D eigenvalue weighted by molar-refractivity contribution is 0.680. The second-order valence-corrected chi connectivity index (χ2v) is 6.34. The van der Waals surface area contributed by atoms with Crippen LogP contribution in [0.2, 0.25) is 0 Å². The van der Waals surface area contributed by atoms with Gasteiger partial charge in [-0.05, 0) is 31.0 Å². The Hall–Kier alpha value is -1.92. The van der Waals surface area contributed by atoms with Crippen molar-refractivity contribution in [3.63, 3.8) is 0 Å². The minimum atomic E-state index is -1.16. The van der Waals surface area contributed by atoms with Gasteiger partial charge in [-0.1, -0.05) is 48.0 Å². The van der Waals surface area contributed by atoms with Crippen LogP contribution in [-0.4, -0.2) is 9.96 Å². The molecule has 0 amide bonds. The van der Waals surface area contributed by atoms with Gasteiger partial charge in [0.2, 0.25) is 0 Å². The smallest absolute Gasteiger partial charge is 0.0831 e. The highest BCUT2D eigenvalue weighted by atomic mass is 32.2. The van der Waals surface area contributed by atoms with E-state index in [1.165, 1.54) is 0 Å². The summed E-state index contributed by atoms with van der Waals surface area (Å²) in [5.41, 5.74) is 3.10. The van der Waals surface area contributed by atoms with E-state index in [1.54, 1.807) is 0 Å². The van der Waals surface area contributed by atoms with Crippen molar-refractivity contribution in [2.75, 3.05) is 5.75 Å². The van der Waals surface area contributed by atoms with Crippen molar-refractivity contribution in [1.82, 2.24) is 0 Å². The highest BCUT2D eigenvalue weighted by Gasteiger charge is 2.16. The third kappa shape index (κ3) is 3.34. The molecule has 0 spiro atoms. The maximum Gasteiger partial charge on any atom is 0.0831 e. The molecule has 2 rings (SSSR count). The van der Waals surface area contributed by atoms with Crippen LogP contribution in [0.5, 0.6) is 0 Å². The standard InChI is InChI=1S/C17H17NOS/c1-13-8-9-17(14(2)10-13)20(19)12-16(11-18)15-6-4-3-5-7-15/h3-10,16H,12H2,1-2H3. The summed E-state index contributed by atoms with van der Waals surface area (Å²) in [4.78, 5) is 0.826. The Labute approximate surface area is 122 Å². The molecule has 2 aromatic rings. The molecule has 2 nitrogen and oxygen atoms in total. The molecule has 0 saturated carbocycles. The molecule has 0 aliphatic heterocycles. The van der Waals surface area contributed by atoms with Gasteiger partial charge in [-0.2, -0.15) is 5.26 Å². The van der Waals surface area contributed by atoms with Gasteiger partial charge in [0.05, 0.1) is 22.8 Å². The van der Waals surface area contributed by atoms with Gasteiger partial charge in [0.25, 0.3) is 0 Å². The summed E-state index contributed by atoms with van der Waals surface area (Å²) in [5, 5.41) is 9.30. The second kappa shape index (κ2) is 6.49. The van der Waals surface area contributed by atoms with E-state index in [9.17, 15) is 9.47 Å². The third-order valence-electron chi connectivity index (χ3n) is 3.25. The molecule has 102 valence electrons. The van der Waals surface area contributed by atoms with E-state index in [4.69, 9.17) is 0 Å². The maximum atomic E-state index is 12.5. The van der Waals surface area contributed by atoms with Gasteiger partial charge in [0.15, 0.2) is 0 Å². The van der Waals surface area contributed by atoms with Crippen molar-refractivity contribution in [3.8, 4) is 6.07 Å². The topological polar surface area (TPSA) is 40.9 Å². The van der Waals surface area contributed by atoms with Gasteiger partial charge in [0.1, 0.15) is 0 Å². The van der Waals surface area contributed by atoms with E-state index >= 15 is 0 Å². The molecule has 0 N–H and O–H groups in total. The summed E-state index contributed by atoms with van der Waals surface area (Å²) >= 11 is 0. The van der Waals surface area contributed by atoms with Crippen molar-refractivity contribution in [1.29, 1.82) is 5.26 Å². The second-order valence-electron chi connectivity index (χ2n) is 4.87. The van der Waals surface area contributed by atoms with Gasteiger partial charge in [0, 0.05) is 10.6 Å². The Morgan fingerprint density at radius 3 is 2.45 bits per heavy atom. The Bertz CT molecular complexity index is 658. The molecule has 0 fully saturated rings. The number of hydrogen-bond donors (Lipinski definition) is 0. The van der Waals surface area contributed by atoms with Crippen molar-refractivity contribution in [2.45, 2.75) is 24.7 Å². The zero-order chi connectivity index (χ0) is 14.5. The summed E-state index contributed by atoms with van der Waals surface area (Å²) in [5.74, 6) is 0.00228. The third-order valence-corrected chi connectivity index (χ3v) is 4.84. The Kier molecular flexibility index (Phi) is 4.70. The molecule has 0 heterocycles. The average Bonchev–Trinajstić information content (AvgIpc) is 2.45. The number of nitriles is 1. The zero-order valence-electron chi connectivity index (χ0n) is 11.7. The van der Waals surface area contributed by atoms with E-state index < -0.39 is 10.8 Å². The molecule has 3 heteroatoms. The largest absolute Gasteiger partial charge is 0.254 e. The van der Waals surface area contributed by atoms with Crippen LogP contribution in [0.4, 0.5) is 0 Å². The highest BCUT2D eigenvalue weighted by Crippen LogP contribution is 2.21. The summed E-state index contributed by atoms with van der Waals surface area (Å²) in [6.07, 6.45) is 0. The Morgan fingerprint density at radius 2 is 1.85 bits per heavy atom. The summed E-state index contributed by atoms with van der Waals surface area (Å²) < 4.78 is 12.5. The lowest BCUT2D eigenvalue weighted by Crippen LogP contribution is -2.09. The number of hydrogen-bond acceptors (Lipinski definition) is 2. The molecule has 0 saturated heterocycles. The SMILES string of the molecule is Cc1ccc(S(=O)CC(C#N)c2ccccc2)c(C)c1. The van der Waals surface area contributed by atoms with Crippen LogP contribution in [0.1, 0.15) is 22.6 Å². The molecule has 0 aliphatic carbocycles. The van der Waals surface area contributed by atoms with Gasteiger partial charge >= 0.3 is 0 Å². The predicted octanol–water partition coefficient (Wildman–Crippen LogP) is 3.72. The first-order valence-corrected chi connectivity index (χ1v) is 7.84. The van der Waals surface area contributed by atoms with Crippen molar-refractivity contribution in [2.24, 2.45) is 0 Å². The molecule has 0 aliphatic rings. The number of benzene rings is 2. The summed E-state index contributed by atoms with van der Waals surface area (Å²) in [6, 6.07) is 17.7. The lowest BCUT2D eigenvalue weighted by atomic mass is 10.0. The first-order valence-electron chi connectivity index (χ1n) is 6.52. The fraction of sp³-hybridized carbons (Fsp3) is 0.235. The van der Waals surface area contributed by atoms with Crippen LogP contribution in [0.3, 0.4) is 0 Å². The Morgan fingerprint density at radius 1 is 1.15 bits per heavy atom. The first kappa shape index (κ1) is 14.5. The van der Waals surface area contributed by atoms with Crippen LogP contribution < -0.4 is 0 Å². The molecule has 0 bridgehead atoms. The molecular weight excluding hydrogens is 266 g/mol. The van der Waals surface area contributed by atoms with Crippen LogP contribution >= 0.6 is 0 Å². The van der Waals surface area contributed by atoms with E-state index in [-0.39, 0.29) is 5.92 Å². The van der Waals surface area contributed by atoms with E-state index in [0.29, 0.717) is 5.75 Å². The number of nitrogens with zero attached hydrogens (tertiary/aromatic N) is 1. The summed E-state index contributed by atoms with van der Waals surface area (Å²) in [6.45, 7) is 3.98. The van der Waals surface area contributed by atoms with Crippen molar-refractivity contribution in [3.05, 3.63) is 65.2 Å². The minimum Gasteiger partial charge on any atom is -0.254 e. The quantitative estimate of drug-likeness (QED) is 0.858. The zero-order valence-corrected chi connectivity index (χ0v) is 12.5. The van der Waals surface area contributed by atoms with Gasteiger partial charge in [-0.15, -0.1) is 0 Å². The average molecular weight is 283 g/mol.